The van der Waals surface area contributed by atoms with Crippen molar-refractivity contribution in [1.29, 1.82) is 0 Å². The molecule has 1 aliphatic carbocycles. The highest BCUT2D eigenvalue weighted by Crippen LogP contribution is 2.40. The average molecular weight is 431 g/mol. The number of nitrogens with two attached hydrogens (primary N) is 1. The van der Waals surface area contributed by atoms with Crippen LogP contribution in [-0.4, -0.2) is 37.3 Å². The molecule has 3 N–H and O–H groups in total. The summed E-state index contributed by atoms with van der Waals surface area (Å²) in [5.74, 6) is 0.514. The second kappa shape index (κ2) is 8.94. The molecule has 0 unspecified atom stereocenters. The highest BCUT2D eigenvalue weighted by atomic mass is 16.5. The van der Waals surface area contributed by atoms with E-state index in [1.54, 1.807) is 6.33 Å². The van der Waals surface area contributed by atoms with Crippen molar-refractivity contribution in [1.82, 2.24) is 19.5 Å². The van der Waals surface area contributed by atoms with Crippen molar-refractivity contribution >= 4 is 17.1 Å². The standard InChI is InChI=1S/C24H25N5O3/c25-24-27-22-20(23(28-24)32-13-17-9-5-2-6-10-17)26-15-29(22)19-11-18(21(19)30)14-31-12-16-7-3-1-4-8-16/h1-10,15,18-19,21,30H,11-14H2,(H2,25,27,28)/t18-,19-,21-/m1/s1. The SMILES string of the molecule is Nc1nc(OCc2ccccc2)c2ncn([C@@H]3C[C@H](COCc4ccccc4)[C@H]3O)c2n1. The van der Waals surface area contributed by atoms with Crippen LogP contribution in [0.1, 0.15) is 23.6 Å². The number of hydrogen-bond acceptors (Lipinski definition) is 7. The van der Waals surface area contributed by atoms with Crippen LogP contribution in [0.4, 0.5) is 5.95 Å². The number of aliphatic hydroxyl groups excluding tert-OH is 1. The van der Waals surface area contributed by atoms with Crippen molar-refractivity contribution in [2.24, 2.45) is 5.92 Å². The van der Waals surface area contributed by atoms with Gasteiger partial charge in [0.05, 0.1) is 31.7 Å². The van der Waals surface area contributed by atoms with E-state index in [1.807, 2.05) is 65.2 Å². The number of benzene rings is 2. The number of anilines is 1. The Morgan fingerprint density at radius 3 is 2.34 bits per heavy atom. The zero-order chi connectivity index (χ0) is 21.9. The topological polar surface area (TPSA) is 108 Å². The smallest absolute Gasteiger partial charge is 0.247 e. The van der Waals surface area contributed by atoms with Gasteiger partial charge in [-0.3, -0.25) is 0 Å². The summed E-state index contributed by atoms with van der Waals surface area (Å²) in [6.45, 7) is 1.39. The quantitative estimate of drug-likeness (QED) is 0.441. The summed E-state index contributed by atoms with van der Waals surface area (Å²) in [5, 5.41) is 10.8. The average Bonchev–Trinajstić information content (AvgIpc) is 3.23. The summed E-state index contributed by atoms with van der Waals surface area (Å²) in [5.41, 5.74) is 9.17. The summed E-state index contributed by atoms with van der Waals surface area (Å²) in [7, 11) is 0. The number of ether oxygens (including phenoxy) is 2. The summed E-state index contributed by atoms with van der Waals surface area (Å²) < 4.78 is 13.6. The van der Waals surface area contributed by atoms with Gasteiger partial charge in [-0.1, -0.05) is 60.7 Å². The van der Waals surface area contributed by atoms with E-state index in [1.165, 1.54) is 0 Å². The molecule has 8 heteroatoms. The molecule has 1 fully saturated rings. The maximum atomic E-state index is 10.8. The van der Waals surface area contributed by atoms with Crippen LogP contribution in [0.2, 0.25) is 0 Å². The van der Waals surface area contributed by atoms with Gasteiger partial charge in [-0.15, -0.1) is 0 Å². The van der Waals surface area contributed by atoms with E-state index in [0.717, 1.165) is 17.5 Å². The molecule has 8 nitrogen and oxygen atoms in total. The maximum absolute atomic E-state index is 10.8. The first-order valence-electron chi connectivity index (χ1n) is 10.7. The minimum absolute atomic E-state index is 0.0640. The van der Waals surface area contributed by atoms with Gasteiger partial charge in [0, 0.05) is 5.92 Å². The number of hydrogen-bond donors (Lipinski definition) is 2. The van der Waals surface area contributed by atoms with Gasteiger partial charge in [0.25, 0.3) is 0 Å². The molecule has 164 valence electrons. The van der Waals surface area contributed by atoms with Gasteiger partial charge in [0.15, 0.2) is 11.2 Å². The van der Waals surface area contributed by atoms with E-state index in [2.05, 4.69) is 15.0 Å². The normalized spacial score (nSPS) is 20.2. The molecule has 0 radical (unpaired) electrons. The van der Waals surface area contributed by atoms with Gasteiger partial charge in [0.2, 0.25) is 11.8 Å². The zero-order valence-corrected chi connectivity index (χ0v) is 17.5. The van der Waals surface area contributed by atoms with Crippen LogP contribution < -0.4 is 10.5 Å². The van der Waals surface area contributed by atoms with Gasteiger partial charge >= 0.3 is 0 Å². The Labute approximate surface area is 185 Å². The number of aliphatic hydroxyl groups is 1. The number of rotatable bonds is 8. The molecular weight excluding hydrogens is 406 g/mol. The second-order valence-corrected chi connectivity index (χ2v) is 8.04. The number of nitrogens with zero attached hydrogens (tertiary/aromatic N) is 4. The molecule has 1 saturated carbocycles. The van der Waals surface area contributed by atoms with E-state index in [0.29, 0.717) is 36.9 Å². The van der Waals surface area contributed by atoms with Crippen molar-refractivity contribution in [2.45, 2.75) is 31.8 Å². The first-order valence-corrected chi connectivity index (χ1v) is 10.7. The maximum Gasteiger partial charge on any atom is 0.247 e. The minimum atomic E-state index is -0.548. The molecule has 0 amide bonds. The molecule has 2 aromatic heterocycles. The van der Waals surface area contributed by atoms with Crippen LogP contribution in [0.25, 0.3) is 11.2 Å². The predicted molar refractivity (Wildman–Crippen MR) is 120 cm³/mol. The zero-order valence-electron chi connectivity index (χ0n) is 17.5. The Bertz CT molecular complexity index is 1180. The first-order chi connectivity index (χ1) is 15.7. The molecular formula is C24H25N5O3. The lowest BCUT2D eigenvalue weighted by atomic mass is 9.77. The molecule has 2 heterocycles. The molecule has 32 heavy (non-hydrogen) atoms. The largest absolute Gasteiger partial charge is 0.471 e. The fourth-order valence-corrected chi connectivity index (χ4v) is 4.03. The molecule has 5 rings (SSSR count). The molecule has 0 aliphatic heterocycles. The Kier molecular flexibility index (Phi) is 5.70. The third kappa shape index (κ3) is 4.15. The van der Waals surface area contributed by atoms with Crippen LogP contribution in [-0.2, 0) is 18.0 Å². The third-order valence-electron chi connectivity index (χ3n) is 5.85. The van der Waals surface area contributed by atoms with E-state index in [4.69, 9.17) is 15.2 Å². The summed E-state index contributed by atoms with van der Waals surface area (Å²) >= 11 is 0. The van der Waals surface area contributed by atoms with Gasteiger partial charge in [-0.25, -0.2) is 4.98 Å². The fraction of sp³-hybridized carbons (Fsp3) is 0.292. The third-order valence-corrected chi connectivity index (χ3v) is 5.85. The number of fused-ring (bicyclic) bond motifs is 1. The second-order valence-electron chi connectivity index (χ2n) is 8.04. The van der Waals surface area contributed by atoms with Crippen molar-refractivity contribution in [3.63, 3.8) is 0 Å². The van der Waals surface area contributed by atoms with Crippen LogP contribution in [0.3, 0.4) is 0 Å². The van der Waals surface area contributed by atoms with Crippen molar-refractivity contribution in [2.75, 3.05) is 12.3 Å². The minimum Gasteiger partial charge on any atom is -0.471 e. The summed E-state index contributed by atoms with van der Waals surface area (Å²) in [4.78, 5) is 13.0. The Morgan fingerprint density at radius 1 is 0.969 bits per heavy atom. The van der Waals surface area contributed by atoms with E-state index < -0.39 is 6.10 Å². The van der Waals surface area contributed by atoms with Gasteiger partial charge in [-0.05, 0) is 17.5 Å². The Hall–Kier alpha value is -3.49. The summed E-state index contributed by atoms with van der Waals surface area (Å²) in [6.07, 6.45) is 1.89. The fourth-order valence-electron chi connectivity index (χ4n) is 4.03. The van der Waals surface area contributed by atoms with Crippen LogP contribution in [0.5, 0.6) is 5.88 Å². The van der Waals surface area contributed by atoms with E-state index >= 15 is 0 Å². The number of aromatic nitrogens is 4. The lowest BCUT2D eigenvalue weighted by molar-refractivity contribution is -0.0740. The Morgan fingerprint density at radius 2 is 1.66 bits per heavy atom. The van der Waals surface area contributed by atoms with Crippen molar-refractivity contribution in [3.05, 3.63) is 78.1 Å². The van der Waals surface area contributed by atoms with Crippen LogP contribution in [0, 0.1) is 5.92 Å². The van der Waals surface area contributed by atoms with E-state index in [-0.39, 0.29) is 17.9 Å². The number of imidazole rings is 1. The monoisotopic (exact) mass is 431 g/mol. The molecule has 3 atom stereocenters. The van der Waals surface area contributed by atoms with Crippen LogP contribution >= 0.6 is 0 Å². The lowest BCUT2D eigenvalue weighted by Crippen LogP contribution is -2.45. The number of nitrogen functional groups attached to an aromatic ring is 1. The lowest BCUT2D eigenvalue weighted by Gasteiger charge is -2.41. The summed E-state index contributed by atoms with van der Waals surface area (Å²) in [6, 6.07) is 19.7. The molecule has 2 aromatic carbocycles. The first kappa shape index (κ1) is 20.4. The molecule has 0 spiro atoms. The van der Waals surface area contributed by atoms with Gasteiger partial charge in [0.1, 0.15) is 6.61 Å². The van der Waals surface area contributed by atoms with Gasteiger partial charge in [-0.2, -0.15) is 9.97 Å². The molecule has 4 aromatic rings. The van der Waals surface area contributed by atoms with Crippen LogP contribution in [0.15, 0.2) is 67.0 Å². The molecule has 0 saturated heterocycles. The van der Waals surface area contributed by atoms with Crippen molar-refractivity contribution in [3.8, 4) is 5.88 Å². The highest BCUT2D eigenvalue weighted by Gasteiger charge is 2.42. The van der Waals surface area contributed by atoms with Crippen molar-refractivity contribution < 1.29 is 14.6 Å². The molecule has 0 bridgehead atoms. The van der Waals surface area contributed by atoms with Gasteiger partial charge < -0.3 is 24.9 Å². The predicted octanol–water partition coefficient (Wildman–Crippen LogP) is 3.13. The Balaban J connectivity index is 1.25. The van der Waals surface area contributed by atoms with E-state index in [9.17, 15) is 5.11 Å². The molecule has 1 aliphatic rings. The highest BCUT2D eigenvalue weighted by molar-refractivity contribution is 5.77.